The Morgan fingerprint density at radius 3 is 2.25 bits per heavy atom. The lowest BCUT2D eigenvalue weighted by atomic mass is 10.3. The second-order valence-electron chi connectivity index (χ2n) is 4.73. The maximum absolute atomic E-state index is 2.47. The highest BCUT2D eigenvalue weighted by Gasteiger charge is 2.35. The van der Waals surface area contributed by atoms with Crippen LogP contribution in [0.5, 0.6) is 0 Å². The van der Waals surface area contributed by atoms with Gasteiger partial charge in [0.25, 0.3) is 0 Å². The average Bonchev–Trinajstić information content (AvgIpc) is 2.76. The van der Waals surface area contributed by atoms with Crippen LogP contribution in [-0.2, 0) is 0 Å². The fourth-order valence-corrected chi connectivity index (χ4v) is 5.36. The van der Waals surface area contributed by atoms with Gasteiger partial charge in [-0.2, -0.15) is 0 Å². The summed E-state index contributed by atoms with van der Waals surface area (Å²) in [6.45, 7) is 6.97. The van der Waals surface area contributed by atoms with Gasteiger partial charge in [0.05, 0.1) is 8.07 Å². The summed E-state index contributed by atoms with van der Waals surface area (Å²) in [7, 11) is -1.45. The molecule has 0 aromatic heterocycles. The SMILES string of the molecule is CC[Si](C)([C]1C=CC(C)=C1)c1ccccc1. The van der Waals surface area contributed by atoms with Crippen molar-refractivity contribution >= 4 is 13.3 Å². The molecule has 1 unspecified atom stereocenters. The molecule has 1 aliphatic carbocycles. The Labute approximate surface area is 99.7 Å². The Morgan fingerprint density at radius 1 is 1.06 bits per heavy atom. The molecule has 2 rings (SSSR count). The lowest BCUT2D eigenvalue weighted by Crippen LogP contribution is -2.48. The zero-order valence-electron chi connectivity index (χ0n) is 10.3. The molecule has 0 saturated heterocycles. The lowest BCUT2D eigenvalue weighted by molar-refractivity contribution is 1.34. The zero-order valence-corrected chi connectivity index (χ0v) is 11.3. The first kappa shape index (κ1) is 11.4. The molecule has 1 aliphatic rings. The van der Waals surface area contributed by atoms with Gasteiger partial charge in [-0.3, -0.25) is 0 Å². The topological polar surface area (TPSA) is 0 Å². The van der Waals surface area contributed by atoms with Crippen LogP contribution < -0.4 is 5.19 Å². The Kier molecular flexibility index (Phi) is 3.15. The fraction of sp³-hybridized carbons (Fsp3) is 0.267. The summed E-state index contributed by atoms with van der Waals surface area (Å²) in [5, 5.41) is 1.54. The zero-order chi connectivity index (χ0) is 11.6. The molecule has 0 saturated carbocycles. The van der Waals surface area contributed by atoms with E-state index in [9.17, 15) is 0 Å². The number of benzene rings is 1. The van der Waals surface area contributed by atoms with Crippen LogP contribution in [0.1, 0.15) is 13.8 Å². The summed E-state index contributed by atoms with van der Waals surface area (Å²) in [5.41, 5.74) is 2.96. The van der Waals surface area contributed by atoms with Crippen LogP contribution in [0.4, 0.5) is 0 Å². The van der Waals surface area contributed by atoms with Gasteiger partial charge in [0.1, 0.15) is 0 Å². The van der Waals surface area contributed by atoms with Crippen molar-refractivity contribution in [2.75, 3.05) is 0 Å². The highest BCUT2D eigenvalue weighted by molar-refractivity contribution is 6.96. The molecule has 0 nitrogen and oxygen atoms in total. The summed E-state index contributed by atoms with van der Waals surface area (Å²) in [5.74, 6) is 0. The monoisotopic (exact) mass is 227 g/mol. The van der Waals surface area contributed by atoms with E-state index < -0.39 is 8.07 Å². The van der Waals surface area contributed by atoms with Crippen molar-refractivity contribution in [1.82, 2.24) is 0 Å². The molecule has 0 N–H and O–H groups in total. The number of hydrogen-bond donors (Lipinski definition) is 0. The van der Waals surface area contributed by atoms with Crippen molar-refractivity contribution in [2.45, 2.75) is 26.4 Å². The molecule has 1 radical (unpaired) electrons. The van der Waals surface area contributed by atoms with Crippen molar-refractivity contribution in [3.05, 3.63) is 59.7 Å². The Hall–Kier alpha value is -1.08. The lowest BCUT2D eigenvalue weighted by Gasteiger charge is -2.30. The first-order chi connectivity index (χ1) is 7.66. The molecule has 1 aromatic carbocycles. The van der Waals surface area contributed by atoms with Crippen LogP contribution >= 0.6 is 0 Å². The van der Waals surface area contributed by atoms with Crippen molar-refractivity contribution < 1.29 is 0 Å². The first-order valence-electron chi connectivity index (χ1n) is 5.96. The van der Waals surface area contributed by atoms with Gasteiger partial charge in [0.2, 0.25) is 0 Å². The van der Waals surface area contributed by atoms with Gasteiger partial charge in [0.15, 0.2) is 0 Å². The van der Waals surface area contributed by atoms with Gasteiger partial charge < -0.3 is 0 Å². The van der Waals surface area contributed by atoms with Gasteiger partial charge >= 0.3 is 0 Å². The van der Waals surface area contributed by atoms with Crippen molar-refractivity contribution in [3.8, 4) is 0 Å². The maximum Gasteiger partial charge on any atom is 0.0985 e. The molecule has 1 heteroatoms. The summed E-state index contributed by atoms with van der Waals surface area (Å²) >= 11 is 0. The van der Waals surface area contributed by atoms with E-state index in [0.29, 0.717) is 0 Å². The van der Waals surface area contributed by atoms with Crippen LogP contribution in [-0.4, -0.2) is 8.07 Å². The normalized spacial score (nSPS) is 19.6. The van der Waals surface area contributed by atoms with Crippen molar-refractivity contribution in [3.63, 3.8) is 0 Å². The van der Waals surface area contributed by atoms with E-state index in [1.165, 1.54) is 11.6 Å². The molecule has 0 bridgehead atoms. The van der Waals surface area contributed by atoms with Crippen LogP contribution in [0.25, 0.3) is 0 Å². The Bertz CT molecular complexity index is 416. The smallest absolute Gasteiger partial charge is 0.0757 e. The van der Waals surface area contributed by atoms with Crippen LogP contribution in [0.3, 0.4) is 0 Å². The molecular weight excluding hydrogens is 208 g/mol. The molecule has 0 spiro atoms. The summed E-state index contributed by atoms with van der Waals surface area (Å²) in [4.78, 5) is 0. The van der Waals surface area contributed by atoms with E-state index in [1.54, 1.807) is 10.7 Å². The maximum atomic E-state index is 2.47. The second kappa shape index (κ2) is 4.42. The third-order valence-electron chi connectivity index (χ3n) is 3.66. The van der Waals surface area contributed by atoms with Crippen LogP contribution in [0.15, 0.2) is 54.1 Å². The van der Waals surface area contributed by atoms with E-state index in [0.717, 1.165) is 0 Å². The van der Waals surface area contributed by atoms with Gasteiger partial charge in [0, 0.05) is 5.54 Å². The standard InChI is InChI=1S/C15H19Si/c1-4-16(3,14-8-6-5-7-9-14)15-11-10-13(2)12-15/h5-12H,4H2,1-3H3. The Balaban J connectivity index is 2.37. The molecule has 0 heterocycles. The van der Waals surface area contributed by atoms with Crippen LogP contribution in [0.2, 0.25) is 12.6 Å². The Morgan fingerprint density at radius 2 is 1.75 bits per heavy atom. The van der Waals surface area contributed by atoms with E-state index >= 15 is 0 Å². The van der Waals surface area contributed by atoms with Gasteiger partial charge in [-0.25, -0.2) is 0 Å². The molecule has 0 amide bonds. The molecule has 1 atom stereocenters. The van der Waals surface area contributed by atoms with E-state index in [-0.39, 0.29) is 0 Å². The van der Waals surface area contributed by atoms with E-state index in [1.807, 2.05) is 0 Å². The fourth-order valence-electron chi connectivity index (χ4n) is 2.29. The number of allylic oxidation sites excluding steroid dienone is 4. The predicted molar refractivity (Wildman–Crippen MR) is 74.3 cm³/mol. The molecular formula is C15H19Si. The van der Waals surface area contributed by atoms with Crippen LogP contribution in [0, 0.1) is 5.54 Å². The van der Waals surface area contributed by atoms with Gasteiger partial charge in [-0.15, -0.1) is 0 Å². The summed E-state index contributed by atoms with van der Waals surface area (Å²) in [6.07, 6.45) is 6.92. The molecule has 1 aromatic rings. The molecule has 0 fully saturated rings. The van der Waals surface area contributed by atoms with Gasteiger partial charge in [-0.05, 0) is 6.92 Å². The van der Waals surface area contributed by atoms with Crippen molar-refractivity contribution in [1.29, 1.82) is 0 Å². The molecule has 83 valence electrons. The minimum atomic E-state index is -1.45. The van der Waals surface area contributed by atoms with Gasteiger partial charge in [-0.1, -0.05) is 78.8 Å². The second-order valence-corrected chi connectivity index (χ2v) is 9.25. The average molecular weight is 227 g/mol. The quantitative estimate of drug-likeness (QED) is 0.692. The molecule has 0 aliphatic heterocycles. The summed E-state index contributed by atoms with van der Waals surface area (Å²) < 4.78 is 0. The minimum absolute atomic E-state index is 1.26. The van der Waals surface area contributed by atoms with Crippen molar-refractivity contribution in [2.24, 2.45) is 0 Å². The third-order valence-corrected chi connectivity index (χ3v) is 8.27. The minimum Gasteiger partial charge on any atom is -0.0757 e. The van der Waals surface area contributed by atoms with E-state index in [2.05, 4.69) is 69.0 Å². The number of hydrogen-bond acceptors (Lipinski definition) is 0. The highest BCUT2D eigenvalue weighted by Crippen LogP contribution is 2.30. The van der Waals surface area contributed by atoms with E-state index in [4.69, 9.17) is 0 Å². The third kappa shape index (κ3) is 1.92. The molecule has 16 heavy (non-hydrogen) atoms. The predicted octanol–water partition coefficient (Wildman–Crippen LogP) is 3.62. The first-order valence-corrected chi connectivity index (χ1v) is 8.67. The number of rotatable bonds is 3. The largest absolute Gasteiger partial charge is 0.0985 e. The summed E-state index contributed by atoms with van der Waals surface area (Å²) in [6, 6.07) is 12.3. The highest BCUT2D eigenvalue weighted by atomic mass is 28.3.